The van der Waals surface area contributed by atoms with E-state index in [2.05, 4.69) is 55.6 Å². The highest BCUT2D eigenvalue weighted by atomic mass is 16.5. The van der Waals surface area contributed by atoms with Gasteiger partial charge in [-0.2, -0.15) is 0 Å². The SMILES string of the molecule is CCNC(=NCc1ccc(C)cc1OC)NCC(CCN(C)C)OCC. The molecule has 1 rings (SSSR count). The van der Waals surface area contributed by atoms with Crippen LogP contribution in [0.25, 0.3) is 0 Å². The smallest absolute Gasteiger partial charge is 0.191 e. The summed E-state index contributed by atoms with van der Waals surface area (Å²) in [7, 11) is 5.86. The van der Waals surface area contributed by atoms with Crippen molar-refractivity contribution in [1.82, 2.24) is 15.5 Å². The third-order valence-electron chi connectivity index (χ3n) is 3.99. The van der Waals surface area contributed by atoms with E-state index < -0.39 is 0 Å². The van der Waals surface area contributed by atoms with Gasteiger partial charge < -0.3 is 25.0 Å². The van der Waals surface area contributed by atoms with E-state index in [1.165, 1.54) is 5.56 Å². The summed E-state index contributed by atoms with van der Waals surface area (Å²) in [5, 5.41) is 6.70. The number of ether oxygens (including phenoxy) is 2. The number of nitrogens with zero attached hydrogens (tertiary/aromatic N) is 2. The minimum atomic E-state index is 0.167. The number of rotatable bonds is 11. The normalized spacial score (nSPS) is 13.0. The summed E-state index contributed by atoms with van der Waals surface area (Å²) in [6, 6.07) is 6.19. The molecule has 0 fully saturated rings. The Bertz CT molecular complexity index is 547. The topological polar surface area (TPSA) is 58.1 Å². The van der Waals surface area contributed by atoms with Crippen LogP contribution in [0.3, 0.4) is 0 Å². The summed E-state index contributed by atoms with van der Waals surface area (Å²) in [6.07, 6.45) is 1.15. The summed E-state index contributed by atoms with van der Waals surface area (Å²) < 4.78 is 11.3. The molecule has 0 aromatic heterocycles. The molecular formula is C20H36N4O2. The minimum absolute atomic E-state index is 0.167. The first-order valence-electron chi connectivity index (χ1n) is 9.42. The molecule has 1 aromatic rings. The van der Waals surface area contributed by atoms with E-state index in [4.69, 9.17) is 14.5 Å². The molecule has 0 spiro atoms. The summed E-state index contributed by atoms with van der Waals surface area (Å²) in [5.41, 5.74) is 2.25. The van der Waals surface area contributed by atoms with Gasteiger partial charge in [0.25, 0.3) is 0 Å². The van der Waals surface area contributed by atoms with E-state index in [1.54, 1.807) is 7.11 Å². The number of nitrogens with one attached hydrogen (secondary N) is 2. The van der Waals surface area contributed by atoms with Gasteiger partial charge >= 0.3 is 0 Å². The zero-order valence-electron chi connectivity index (χ0n) is 17.3. The van der Waals surface area contributed by atoms with Crippen molar-refractivity contribution in [3.05, 3.63) is 29.3 Å². The predicted octanol–water partition coefficient (Wildman–Crippen LogP) is 2.42. The van der Waals surface area contributed by atoms with Crippen LogP contribution in [0.1, 0.15) is 31.4 Å². The van der Waals surface area contributed by atoms with Crippen molar-refractivity contribution in [2.24, 2.45) is 4.99 Å². The van der Waals surface area contributed by atoms with Crippen LogP contribution in [0.4, 0.5) is 0 Å². The maximum Gasteiger partial charge on any atom is 0.191 e. The van der Waals surface area contributed by atoms with Crippen molar-refractivity contribution in [2.45, 2.75) is 39.8 Å². The highest BCUT2D eigenvalue weighted by molar-refractivity contribution is 5.79. The monoisotopic (exact) mass is 364 g/mol. The third kappa shape index (κ3) is 8.54. The van der Waals surface area contributed by atoms with Gasteiger partial charge in [0.1, 0.15) is 5.75 Å². The minimum Gasteiger partial charge on any atom is -0.496 e. The van der Waals surface area contributed by atoms with E-state index >= 15 is 0 Å². The summed E-state index contributed by atoms with van der Waals surface area (Å²) in [4.78, 5) is 6.87. The lowest BCUT2D eigenvalue weighted by Gasteiger charge is -2.21. The molecule has 0 bridgehead atoms. The Kier molecular flexibility index (Phi) is 10.7. The second-order valence-electron chi connectivity index (χ2n) is 6.56. The van der Waals surface area contributed by atoms with Crippen LogP contribution in [0.15, 0.2) is 23.2 Å². The molecule has 1 unspecified atom stereocenters. The molecule has 0 radical (unpaired) electrons. The van der Waals surface area contributed by atoms with Crippen molar-refractivity contribution >= 4 is 5.96 Å². The Morgan fingerprint density at radius 3 is 2.62 bits per heavy atom. The molecule has 0 saturated carbocycles. The van der Waals surface area contributed by atoms with Gasteiger partial charge in [0.2, 0.25) is 0 Å². The number of hydrogen-bond donors (Lipinski definition) is 2. The summed E-state index contributed by atoms with van der Waals surface area (Å²) in [5.74, 6) is 1.67. The van der Waals surface area contributed by atoms with Gasteiger partial charge in [-0.05, 0) is 52.9 Å². The molecule has 0 aliphatic carbocycles. The Labute approximate surface area is 159 Å². The quantitative estimate of drug-likeness (QED) is 0.466. The van der Waals surface area contributed by atoms with Crippen LogP contribution in [0, 0.1) is 6.92 Å². The largest absolute Gasteiger partial charge is 0.496 e. The van der Waals surface area contributed by atoms with Crippen molar-refractivity contribution < 1.29 is 9.47 Å². The Hall–Kier alpha value is -1.79. The van der Waals surface area contributed by atoms with E-state index in [0.29, 0.717) is 13.2 Å². The number of benzene rings is 1. The van der Waals surface area contributed by atoms with Crippen molar-refractivity contribution in [2.75, 3.05) is 47.4 Å². The molecule has 0 aliphatic rings. The summed E-state index contributed by atoms with van der Waals surface area (Å²) >= 11 is 0. The first-order valence-corrected chi connectivity index (χ1v) is 9.42. The number of hydrogen-bond acceptors (Lipinski definition) is 4. The Morgan fingerprint density at radius 2 is 2.00 bits per heavy atom. The van der Waals surface area contributed by atoms with Gasteiger partial charge in [-0.1, -0.05) is 12.1 Å². The fourth-order valence-electron chi connectivity index (χ4n) is 2.58. The molecule has 0 aliphatic heterocycles. The van der Waals surface area contributed by atoms with Crippen LogP contribution >= 0.6 is 0 Å². The van der Waals surface area contributed by atoms with Gasteiger partial charge in [0.05, 0.1) is 19.8 Å². The van der Waals surface area contributed by atoms with Gasteiger partial charge in [-0.3, -0.25) is 0 Å². The maximum absolute atomic E-state index is 5.84. The molecule has 6 heteroatoms. The predicted molar refractivity (Wildman–Crippen MR) is 109 cm³/mol. The van der Waals surface area contributed by atoms with Gasteiger partial charge in [-0.25, -0.2) is 4.99 Å². The average Bonchev–Trinajstić information content (AvgIpc) is 2.62. The Balaban J connectivity index is 2.70. The van der Waals surface area contributed by atoms with Crippen LogP contribution in [0.5, 0.6) is 5.75 Å². The zero-order valence-corrected chi connectivity index (χ0v) is 17.3. The van der Waals surface area contributed by atoms with E-state index in [-0.39, 0.29) is 6.10 Å². The average molecular weight is 365 g/mol. The first kappa shape index (κ1) is 22.3. The zero-order chi connectivity index (χ0) is 19.4. The molecule has 148 valence electrons. The molecule has 1 aromatic carbocycles. The maximum atomic E-state index is 5.84. The number of methoxy groups -OCH3 is 1. The fourth-order valence-corrected chi connectivity index (χ4v) is 2.58. The molecular weight excluding hydrogens is 328 g/mol. The lowest BCUT2D eigenvalue weighted by molar-refractivity contribution is 0.0548. The molecule has 0 saturated heterocycles. The molecule has 0 heterocycles. The second-order valence-corrected chi connectivity index (χ2v) is 6.56. The highest BCUT2D eigenvalue weighted by Crippen LogP contribution is 2.20. The number of aryl methyl sites for hydroxylation is 1. The van der Waals surface area contributed by atoms with Crippen LogP contribution in [0.2, 0.25) is 0 Å². The molecule has 0 amide bonds. The van der Waals surface area contributed by atoms with Gasteiger partial charge in [0, 0.05) is 31.8 Å². The molecule has 2 N–H and O–H groups in total. The van der Waals surface area contributed by atoms with E-state index in [1.807, 2.05) is 13.0 Å². The van der Waals surface area contributed by atoms with Crippen LogP contribution in [-0.4, -0.2) is 64.4 Å². The molecule has 6 nitrogen and oxygen atoms in total. The van der Waals surface area contributed by atoms with Crippen LogP contribution < -0.4 is 15.4 Å². The molecule has 26 heavy (non-hydrogen) atoms. The standard InChI is InChI=1S/C20H36N4O2/c1-7-21-20(23-15-18(26-8-2)11-12-24(4)5)22-14-17-10-9-16(3)13-19(17)25-6/h9-10,13,18H,7-8,11-12,14-15H2,1-6H3,(H2,21,22,23). The lowest BCUT2D eigenvalue weighted by Crippen LogP contribution is -2.42. The van der Waals surface area contributed by atoms with Crippen molar-refractivity contribution in [3.63, 3.8) is 0 Å². The van der Waals surface area contributed by atoms with Crippen LogP contribution in [-0.2, 0) is 11.3 Å². The van der Waals surface area contributed by atoms with Gasteiger partial charge in [0.15, 0.2) is 5.96 Å². The number of guanidine groups is 1. The van der Waals surface area contributed by atoms with E-state index in [0.717, 1.165) is 43.3 Å². The Morgan fingerprint density at radius 1 is 1.23 bits per heavy atom. The lowest BCUT2D eigenvalue weighted by atomic mass is 10.1. The number of aliphatic imine (C=N–C) groups is 1. The van der Waals surface area contributed by atoms with E-state index in [9.17, 15) is 0 Å². The fraction of sp³-hybridized carbons (Fsp3) is 0.650. The highest BCUT2D eigenvalue weighted by Gasteiger charge is 2.10. The first-order chi connectivity index (χ1) is 12.5. The third-order valence-corrected chi connectivity index (χ3v) is 3.99. The molecule has 1 atom stereocenters. The summed E-state index contributed by atoms with van der Waals surface area (Å²) in [6.45, 7) is 9.99. The van der Waals surface area contributed by atoms with Crippen molar-refractivity contribution in [3.8, 4) is 5.75 Å². The second kappa shape index (κ2) is 12.5. The van der Waals surface area contributed by atoms with Crippen molar-refractivity contribution in [1.29, 1.82) is 0 Å². The van der Waals surface area contributed by atoms with Gasteiger partial charge in [-0.15, -0.1) is 0 Å².